The molecule has 0 amide bonds. The Morgan fingerprint density at radius 2 is 1.74 bits per heavy atom. The SMILES string of the molecule is COc1cc(OC)cc(-c2nnc(S/C(=C\c3ccccc3)C(=O)O)o2)c1. The molecule has 2 aromatic carbocycles. The van der Waals surface area contributed by atoms with Gasteiger partial charge in [-0.15, -0.1) is 10.2 Å². The third kappa shape index (κ3) is 4.68. The molecule has 1 N–H and O–H groups in total. The quantitative estimate of drug-likeness (QED) is 0.483. The van der Waals surface area contributed by atoms with Gasteiger partial charge in [-0.3, -0.25) is 0 Å². The van der Waals surface area contributed by atoms with Gasteiger partial charge in [-0.1, -0.05) is 30.3 Å². The van der Waals surface area contributed by atoms with Gasteiger partial charge in [0.1, 0.15) is 16.4 Å². The van der Waals surface area contributed by atoms with E-state index in [0.29, 0.717) is 17.1 Å². The number of carboxylic acid groups (broad SMARTS) is 1. The van der Waals surface area contributed by atoms with Crippen molar-refractivity contribution in [2.45, 2.75) is 5.22 Å². The number of aliphatic carboxylic acids is 1. The maximum Gasteiger partial charge on any atom is 0.342 e. The average Bonchev–Trinajstić information content (AvgIpc) is 3.16. The maximum atomic E-state index is 11.5. The van der Waals surface area contributed by atoms with Crippen molar-refractivity contribution in [3.8, 4) is 23.0 Å². The van der Waals surface area contributed by atoms with Crippen molar-refractivity contribution in [2.24, 2.45) is 0 Å². The molecule has 0 spiro atoms. The summed E-state index contributed by atoms with van der Waals surface area (Å²) in [5, 5.41) is 17.5. The summed E-state index contributed by atoms with van der Waals surface area (Å²) in [6, 6.07) is 14.3. The molecular formula is C19H16N2O5S. The highest BCUT2D eigenvalue weighted by Gasteiger charge is 2.17. The Morgan fingerprint density at radius 1 is 1.07 bits per heavy atom. The fraction of sp³-hybridized carbons (Fsp3) is 0.105. The Hall–Kier alpha value is -3.26. The number of thioether (sulfide) groups is 1. The number of methoxy groups -OCH3 is 2. The summed E-state index contributed by atoms with van der Waals surface area (Å²) in [6.07, 6.45) is 1.55. The molecule has 3 rings (SSSR count). The van der Waals surface area contributed by atoms with Gasteiger partial charge in [-0.25, -0.2) is 4.79 Å². The van der Waals surface area contributed by atoms with E-state index in [2.05, 4.69) is 10.2 Å². The first kappa shape index (κ1) is 18.5. The van der Waals surface area contributed by atoms with Crippen molar-refractivity contribution in [1.82, 2.24) is 10.2 Å². The Labute approximate surface area is 159 Å². The molecule has 1 aromatic heterocycles. The summed E-state index contributed by atoms with van der Waals surface area (Å²) in [5.41, 5.74) is 1.37. The molecule has 0 atom stereocenters. The van der Waals surface area contributed by atoms with Crippen molar-refractivity contribution in [1.29, 1.82) is 0 Å². The molecule has 0 aliphatic carbocycles. The topological polar surface area (TPSA) is 94.7 Å². The molecule has 0 saturated carbocycles. The predicted molar refractivity (Wildman–Crippen MR) is 101 cm³/mol. The van der Waals surface area contributed by atoms with Gasteiger partial charge in [0.05, 0.1) is 14.2 Å². The van der Waals surface area contributed by atoms with Gasteiger partial charge in [0.25, 0.3) is 5.22 Å². The third-order valence-corrected chi connectivity index (χ3v) is 4.36. The molecule has 0 radical (unpaired) electrons. The highest BCUT2D eigenvalue weighted by molar-refractivity contribution is 8.03. The van der Waals surface area contributed by atoms with Crippen molar-refractivity contribution >= 4 is 23.8 Å². The van der Waals surface area contributed by atoms with E-state index in [1.54, 1.807) is 38.5 Å². The zero-order valence-electron chi connectivity index (χ0n) is 14.6. The van der Waals surface area contributed by atoms with Crippen LogP contribution in [0.25, 0.3) is 17.5 Å². The molecule has 0 bridgehead atoms. The van der Waals surface area contributed by atoms with Crippen LogP contribution in [0.2, 0.25) is 0 Å². The Balaban J connectivity index is 1.87. The highest BCUT2D eigenvalue weighted by Crippen LogP contribution is 2.33. The number of hydrogen-bond acceptors (Lipinski definition) is 7. The van der Waals surface area contributed by atoms with Crippen LogP contribution in [0.15, 0.2) is 63.1 Å². The van der Waals surface area contributed by atoms with Gasteiger partial charge in [-0.2, -0.15) is 0 Å². The normalized spacial score (nSPS) is 11.3. The summed E-state index contributed by atoms with van der Waals surface area (Å²) < 4.78 is 16.1. The molecule has 0 aliphatic heterocycles. The monoisotopic (exact) mass is 384 g/mol. The van der Waals surface area contributed by atoms with Crippen molar-refractivity contribution in [2.75, 3.05) is 14.2 Å². The van der Waals surface area contributed by atoms with E-state index in [0.717, 1.165) is 17.3 Å². The van der Waals surface area contributed by atoms with Crippen molar-refractivity contribution in [3.05, 3.63) is 59.0 Å². The first-order chi connectivity index (χ1) is 13.1. The second kappa shape index (κ2) is 8.41. The number of rotatable bonds is 7. The number of hydrogen-bond donors (Lipinski definition) is 1. The van der Waals surface area contributed by atoms with Gasteiger partial charge in [0.15, 0.2) is 0 Å². The van der Waals surface area contributed by atoms with Crippen LogP contribution in [-0.2, 0) is 4.79 Å². The molecule has 0 unspecified atom stereocenters. The second-order valence-corrected chi connectivity index (χ2v) is 6.29. The smallest absolute Gasteiger partial charge is 0.342 e. The van der Waals surface area contributed by atoms with Crippen LogP contribution in [0, 0.1) is 0 Å². The number of carboxylic acids is 1. The summed E-state index contributed by atoms with van der Waals surface area (Å²) in [7, 11) is 3.09. The van der Waals surface area contributed by atoms with Crippen LogP contribution in [-0.4, -0.2) is 35.5 Å². The summed E-state index contributed by atoms with van der Waals surface area (Å²) >= 11 is 0.886. The van der Waals surface area contributed by atoms with Crippen molar-refractivity contribution in [3.63, 3.8) is 0 Å². The zero-order chi connectivity index (χ0) is 19.2. The molecule has 0 fully saturated rings. The van der Waals surface area contributed by atoms with E-state index in [1.165, 1.54) is 0 Å². The first-order valence-electron chi connectivity index (χ1n) is 7.84. The standard InChI is InChI=1S/C19H16N2O5S/c1-24-14-9-13(10-15(11-14)25-2)17-20-21-19(26-17)27-16(18(22)23)8-12-6-4-3-5-7-12/h3-11H,1-2H3,(H,22,23)/b16-8-. The Bertz CT molecular complexity index is 947. The van der Waals surface area contributed by atoms with E-state index >= 15 is 0 Å². The average molecular weight is 384 g/mol. The fourth-order valence-electron chi connectivity index (χ4n) is 2.23. The molecular weight excluding hydrogens is 368 g/mol. The van der Waals surface area contributed by atoms with Crippen LogP contribution in [0.5, 0.6) is 11.5 Å². The minimum absolute atomic E-state index is 0.0691. The molecule has 0 aliphatic rings. The molecule has 1 heterocycles. The van der Waals surface area contributed by atoms with E-state index in [4.69, 9.17) is 13.9 Å². The minimum Gasteiger partial charge on any atom is -0.497 e. The van der Waals surface area contributed by atoms with Crippen LogP contribution in [0.4, 0.5) is 0 Å². The summed E-state index contributed by atoms with van der Waals surface area (Å²) in [6.45, 7) is 0. The number of carbonyl (C=O) groups is 1. The number of ether oxygens (including phenoxy) is 2. The van der Waals surface area contributed by atoms with E-state index in [9.17, 15) is 9.90 Å². The van der Waals surface area contributed by atoms with Gasteiger partial charge in [-0.05, 0) is 35.5 Å². The molecule has 138 valence electrons. The number of aromatic nitrogens is 2. The molecule has 3 aromatic rings. The van der Waals surface area contributed by atoms with Gasteiger partial charge in [0.2, 0.25) is 5.89 Å². The van der Waals surface area contributed by atoms with Crippen molar-refractivity contribution < 1.29 is 23.8 Å². The highest BCUT2D eigenvalue weighted by atomic mass is 32.2. The van der Waals surface area contributed by atoms with Gasteiger partial charge in [0, 0.05) is 11.6 Å². The van der Waals surface area contributed by atoms with E-state index in [-0.39, 0.29) is 16.0 Å². The summed E-state index contributed by atoms with van der Waals surface area (Å²) in [4.78, 5) is 11.6. The minimum atomic E-state index is -1.08. The number of nitrogens with zero attached hydrogens (tertiary/aromatic N) is 2. The molecule has 0 saturated heterocycles. The zero-order valence-corrected chi connectivity index (χ0v) is 15.4. The Kier molecular flexibility index (Phi) is 5.77. The number of benzene rings is 2. The van der Waals surface area contributed by atoms with E-state index in [1.807, 2.05) is 30.3 Å². The Morgan fingerprint density at radius 3 is 2.33 bits per heavy atom. The van der Waals surface area contributed by atoms with Gasteiger partial charge < -0.3 is 19.0 Å². The lowest BCUT2D eigenvalue weighted by Gasteiger charge is -2.05. The second-order valence-electron chi connectivity index (χ2n) is 5.30. The lowest BCUT2D eigenvalue weighted by Crippen LogP contribution is -1.96. The third-order valence-electron chi connectivity index (χ3n) is 3.51. The molecule has 27 heavy (non-hydrogen) atoms. The van der Waals surface area contributed by atoms with Crippen LogP contribution in [0.3, 0.4) is 0 Å². The van der Waals surface area contributed by atoms with E-state index < -0.39 is 5.97 Å². The van der Waals surface area contributed by atoms with Crippen LogP contribution < -0.4 is 9.47 Å². The van der Waals surface area contributed by atoms with Crippen LogP contribution >= 0.6 is 11.8 Å². The fourth-order valence-corrected chi connectivity index (χ4v) is 2.90. The summed E-state index contributed by atoms with van der Waals surface area (Å²) in [5.74, 6) is 0.310. The maximum absolute atomic E-state index is 11.5. The largest absolute Gasteiger partial charge is 0.497 e. The molecule has 7 nitrogen and oxygen atoms in total. The van der Waals surface area contributed by atoms with Crippen LogP contribution in [0.1, 0.15) is 5.56 Å². The first-order valence-corrected chi connectivity index (χ1v) is 8.65. The van der Waals surface area contributed by atoms with Gasteiger partial charge >= 0.3 is 5.97 Å². The lowest BCUT2D eigenvalue weighted by molar-refractivity contribution is -0.131. The predicted octanol–water partition coefficient (Wildman–Crippen LogP) is 3.97. The lowest BCUT2D eigenvalue weighted by atomic mass is 10.2. The molecule has 8 heteroatoms.